The van der Waals surface area contributed by atoms with Crippen molar-refractivity contribution in [1.29, 1.82) is 0 Å². The second kappa shape index (κ2) is 9.78. The Morgan fingerprint density at radius 3 is 2.48 bits per heavy atom. The lowest BCUT2D eigenvalue weighted by molar-refractivity contribution is -0.114. The molecule has 9 nitrogen and oxygen atoms in total. The highest BCUT2D eigenvalue weighted by Crippen LogP contribution is 2.32. The molecule has 0 bridgehead atoms. The van der Waals surface area contributed by atoms with E-state index in [-0.39, 0.29) is 16.5 Å². The van der Waals surface area contributed by atoms with E-state index in [2.05, 4.69) is 15.2 Å². The molecule has 1 aromatic heterocycles. The van der Waals surface area contributed by atoms with Crippen LogP contribution in [0.25, 0.3) is 12.2 Å². The average Bonchev–Trinajstić information content (AvgIpc) is 3.11. The van der Waals surface area contributed by atoms with E-state index in [0.29, 0.717) is 39.8 Å². The van der Waals surface area contributed by atoms with Crippen molar-refractivity contribution in [3.05, 3.63) is 59.0 Å². The number of methoxy groups -OCH3 is 2. The normalized spacial score (nSPS) is 11.4. The van der Waals surface area contributed by atoms with E-state index < -0.39 is 10.0 Å². The number of sulfonamides is 1. The predicted octanol–water partition coefficient (Wildman–Crippen LogP) is 4.24. The fraction of sp³-hybridized carbons (Fsp3) is 0.217. The molecule has 2 aromatic carbocycles. The fourth-order valence-electron chi connectivity index (χ4n) is 3.10. The van der Waals surface area contributed by atoms with Crippen molar-refractivity contribution in [2.45, 2.75) is 25.7 Å². The van der Waals surface area contributed by atoms with Gasteiger partial charge >= 0.3 is 0 Å². The van der Waals surface area contributed by atoms with E-state index in [1.54, 1.807) is 62.4 Å². The number of nitrogens with zero attached hydrogens (tertiary/aromatic N) is 1. The number of carbonyl (C=O) groups is 1. The summed E-state index contributed by atoms with van der Waals surface area (Å²) in [7, 11) is -0.991. The summed E-state index contributed by atoms with van der Waals surface area (Å²) < 4.78 is 44.7. The summed E-state index contributed by atoms with van der Waals surface area (Å²) in [6, 6.07) is 9.87. The third kappa shape index (κ3) is 5.53. The number of aromatic nitrogens is 1. The third-order valence-corrected chi connectivity index (χ3v) is 6.28. The lowest BCUT2D eigenvalue weighted by Crippen LogP contribution is -2.15. The van der Waals surface area contributed by atoms with Crippen molar-refractivity contribution < 1.29 is 27.2 Å². The highest BCUT2D eigenvalue weighted by Gasteiger charge is 2.20. The lowest BCUT2D eigenvalue weighted by Gasteiger charge is -2.14. The van der Waals surface area contributed by atoms with E-state index in [9.17, 15) is 13.2 Å². The van der Waals surface area contributed by atoms with Crippen LogP contribution in [0.2, 0.25) is 0 Å². The van der Waals surface area contributed by atoms with Gasteiger partial charge in [-0.25, -0.2) is 8.42 Å². The number of nitrogens with one attached hydrogen (secondary N) is 2. The monoisotopic (exact) mass is 471 g/mol. The molecule has 1 amide bonds. The zero-order valence-electron chi connectivity index (χ0n) is 18.9. The van der Waals surface area contributed by atoms with Crippen LogP contribution in [-0.2, 0) is 14.8 Å². The SMILES string of the molecule is COc1ccc(OC)c(NS(=O)(=O)c2cc(/C=C\c3onc(C)c3NC(C)=O)ccc2C)c1. The molecule has 2 N–H and O–H groups in total. The molecule has 0 unspecified atom stereocenters. The number of ether oxygens (including phenoxy) is 2. The fourth-order valence-corrected chi connectivity index (χ4v) is 4.45. The molecule has 0 radical (unpaired) electrons. The number of hydrogen-bond donors (Lipinski definition) is 2. The van der Waals surface area contributed by atoms with E-state index in [4.69, 9.17) is 14.0 Å². The Morgan fingerprint density at radius 2 is 1.82 bits per heavy atom. The Kier molecular flexibility index (Phi) is 7.07. The van der Waals surface area contributed by atoms with Gasteiger partial charge in [-0.05, 0) is 49.2 Å². The Hall–Kier alpha value is -3.79. The molecule has 174 valence electrons. The number of hydrogen-bond acceptors (Lipinski definition) is 7. The summed E-state index contributed by atoms with van der Waals surface area (Å²) in [6.07, 6.45) is 3.29. The van der Waals surface area contributed by atoms with Gasteiger partial charge in [-0.1, -0.05) is 23.4 Å². The highest BCUT2D eigenvalue weighted by atomic mass is 32.2. The maximum Gasteiger partial charge on any atom is 0.262 e. The first-order chi connectivity index (χ1) is 15.6. The van der Waals surface area contributed by atoms with Gasteiger partial charge in [0.25, 0.3) is 10.0 Å². The zero-order chi connectivity index (χ0) is 24.2. The molecule has 10 heteroatoms. The minimum Gasteiger partial charge on any atom is -0.497 e. The molecule has 0 saturated carbocycles. The van der Waals surface area contributed by atoms with Crippen molar-refractivity contribution in [3.63, 3.8) is 0 Å². The summed E-state index contributed by atoms with van der Waals surface area (Å²) in [5, 5.41) is 6.54. The summed E-state index contributed by atoms with van der Waals surface area (Å²) >= 11 is 0. The van der Waals surface area contributed by atoms with Crippen LogP contribution < -0.4 is 19.5 Å². The molecule has 1 heterocycles. The number of amides is 1. The van der Waals surface area contributed by atoms with E-state index in [0.717, 1.165) is 0 Å². The molecule has 3 rings (SSSR count). The highest BCUT2D eigenvalue weighted by molar-refractivity contribution is 7.92. The van der Waals surface area contributed by atoms with Gasteiger partial charge in [0, 0.05) is 13.0 Å². The van der Waals surface area contributed by atoms with Crippen LogP contribution in [0.4, 0.5) is 11.4 Å². The van der Waals surface area contributed by atoms with Gasteiger partial charge < -0.3 is 19.3 Å². The molecular weight excluding hydrogens is 446 g/mol. The molecule has 0 aliphatic rings. The number of rotatable bonds is 8. The molecule has 0 atom stereocenters. The van der Waals surface area contributed by atoms with E-state index >= 15 is 0 Å². The molecule has 3 aromatic rings. The quantitative estimate of drug-likeness (QED) is 0.504. The minimum atomic E-state index is -3.94. The Bertz CT molecular complexity index is 1310. The number of carbonyl (C=O) groups excluding carboxylic acids is 1. The third-order valence-electron chi connectivity index (χ3n) is 4.77. The summed E-state index contributed by atoms with van der Waals surface area (Å²) in [5.41, 5.74) is 2.44. The summed E-state index contributed by atoms with van der Waals surface area (Å²) in [6.45, 7) is 4.81. The number of anilines is 2. The van der Waals surface area contributed by atoms with E-state index in [1.807, 2.05) is 0 Å². The average molecular weight is 472 g/mol. The molecule has 0 fully saturated rings. The number of aryl methyl sites for hydroxylation is 2. The van der Waals surface area contributed by atoms with Crippen molar-refractivity contribution in [1.82, 2.24) is 5.16 Å². The van der Waals surface area contributed by atoms with Crippen molar-refractivity contribution in [2.75, 3.05) is 24.3 Å². The summed E-state index contributed by atoms with van der Waals surface area (Å²) in [4.78, 5) is 11.5. The van der Waals surface area contributed by atoms with Gasteiger partial charge in [0.15, 0.2) is 5.76 Å². The second-order valence-electron chi connectivity index (χ2n) is 7.22. The Morgan fingerprint density at radius 1 is 1.06 bits per heavy atom. The summed E-state index contributed by atoms with van der Waals surface area (Å²) in [5.74, 6) is 0.948. The van der Waals surface area contributed by atoms with Crippen LogP contribution in [0.3, 0.4) is 0 Å². The van der Waals surface area contributed by atoms with Gasteiger partial charge in [-0.3, -0.25) is 9.52 Å². The van der Waals surface area contributed by atoms with E-state index in [1.165, 1.54) is 21.1 Å². The number of benzene rings is 2. The minimum absolute atomic E-state index is 0.102. The molecule has 0 aliphatic heterocycles. The lowest BCUT2D eigenvalue weighted by atomic mass is 10.1. The largest absolute Gasteiger partial charge is 0.497 e. The van der Waals surface area contributed by atoms with Crippen LogP contribution >= 0.6 is 0 Å². The van der Waals surface area contributed by atoms with Gasteiger partial charge in [0.1, 0.15) is 22.9 Å². The van der Waals surface area contributed by atoms with Gasteiger partial charge in [-0.2, -0.15) is 0 Å². The Balaban J connectivity index is 1.93. The van der Waals surface area contributed by atoms with Gasteiger partial charge in [0.2, 0.25) is 5.91 Å². The first-order valence-corrected chi connectivity index (χ1v) is 11.4. The van der Waals surface area contributed by atoms with Crippen LogP contribution in [0.5, 0.6) is 11.5 Å². The molecule has 0 saturated heterocycles. The first-order valence-electron chi connectivity index (χ1n) is 9.92. The molecule has 33 heavy (non-hydrogen) atoms. The second-order valence-corrected chi connectivity index (χ2v) is 8.87. The molecule has 0 aliphatic carbocycles. The first kappa shape index (κ1) is 23.9. The maximum absolute atomic E-state index is 13.2. The van der Waals surface area contributed by atoms with Crippen LogP contribution in [0, 0.1) is 13.8 Å². The van der Waals surface area contributed by atoms with Crippen molar-refractivity contribution >= 4 is 39.5 Å². The van der Waals surface area contributed by atoms with Crippen LogP contribution in [0.1, 0.15) is 29.5 Å². The van der Waals surface area contributed by atoms with Crippen LogP contribution in [-0.4, -0.2) is 33.7 Å². The van der Waals surface area contributed by atoms with Gasteiger partial charge in [-0.15, -0.1) is 0 Å². The van der Waals surface area contributed by atoms with Gasteiger partial charge in [0.05, 0.1) is 24.8 Å². The van der Waals surface area contributed by atoms with Crippen molar-refractivity contribution in [3.8, 4) is 11.5 Å². The molecular formula is C23H25N3O6S. The topological polar surface area (TPSA) is 120 Å². The molecule has 0 spiro atoms. The zero-order valence-corrected chi connectivity index (χ0v) is 19.7. The Labute approximate surface area is 192 Å². The predicted molar refractivity (Wildman–Crippen MR) is 126 cm³/mol. The standard InChI is InChI=1S/C23H25N3O6S/c1-14-6-7-17(8-10-21-23(24-16(3)27)15(2)25-32-21)12-22(14)33(28,29)26-19-13-18(30-4)9-11-20(19)31-5/h6-13,26H,1-5H3,(H,24,27)/b10-8-. The maximum atomic E-state index is 13.2. The van der Waals surface area contributed by atoms with Crippen molar-refractivity contribution in [2.24, 2.45) is 0 Å². The van der Waals surface area contributed by atoms with Crippen LogP contribution in [0.15, 0.2) is 45.8 Å². The smallest absolute Gasteiger partial charge is 0.262 e.